The molecule has 2 aromatic carbocycles. The molecule has 150 valence electrons. The first-order valence-electron chi connectivity index (χ1n) is 9.81. The van der Waals surface area contributed by atoms with Crippen LogP contribution in [0.5, 0.6) is 5.75 Å². The van der Waals surface area contributed by atoms with Crippen LogP contribution in [0.15, 0.2) is 60.8 Å². The minimum atomic E-state index is -0.772. The largest absolute Gasteiger partial charge is 0.488 e. The van der Waals surface area contributed by atoms with E-state index >= 15 is 0 Å². The van der Waals surface area contributed by atoms with E-state index in [-0.39, 0.29) is 30.8 Å². The average Bonchev–Trinajstić information content (AvgIpc) is 2.74. The highest BCUT2D eigenvalue weighted by atomic mass is 19.1. The quantitative estimate of drug-likeness (QED) is 0.721. The van der Waals surface area contributed by atoms with Gasteiger partial charge in [-0.15, -0.1) is 0 Å². The average molecular weight is 394 g/mol. The number of amides is 1. The summed E-state index contributed by atoms with van der Waals surface area (Å²) >= 11 is 0. The first-order chi connectivity index (χ1) is 14.1. The van der Waals surface area contributed by atoms with Gasteiger partial charge in [-0.2, -0.15) is 0 Å². The zero-order valence-corrected chi connectivity index (χ0v) is 16.0. The topological polar surface area (TPSA) is 62.7 Å². The van der Waals surface area contributed by atoms with Crippen molar-refractivity contribution in [1.29, 1.82) is 0 Å². The van der Waals surface area contributed by atoms with E-state index in [1.165, 1.54) is 6.07 Å². The summed E-state index contributed by atoms with van der Waals surface area (Å²) in [6.45, 7) is 0.725. The summed E-state index contributed by atoms with van der Waals surface area (Å²) in [5.41, 5.74) is 1.42. The van der Waals surface area contributed by atoms with Crippen LogP contribution in [0.1, 0.15) is 18.4 Å². The highest BCUT2D eigenvalue weighted by Gasteiger charge is 2.31. The number of aryl methyl sites for hydroxylation is 1. The number of aromatic nitrogens is 1. The highest BCUT2D eigenvalue weighted by Crippen LogP contribution is 2.24. The Balaban J connectivity index is 1.32. The molecule has 1 saturated heterocycles. The van der Waals surface area contributed by atoms with Crippen LogP contribution in [0.2, 0.25) is 0 Å². The zero-order chi connectivity index (χ0) is 20.2. The van der Waals surface area contributed by atoms with Crippen LogP contribution in [-0.4, -0.2) is 46.2 Å². The maximum atomic E-state index is 13.7. The molecule has 0 aliphatic carbocycles. The van der Waals surface area contributed by atoms with Gasteiger partial charge in [0.2, 0.25) is 5.91 Å². The number of fused-ring (bicyclic) bond motifs is 1. The molecule has 3 aromatic rings. The lowest BCUT2D eigenvalue weighted by molar-refractivity contribution is -0.137. The van der Waals surface area contributed by atoms with Crippen molar-refractivity contribution in [2.24, 2.45) is 0 Å². The number of aliphatic hydroxyl groups excluding tert-OH is 1. The van der Waals surface area contributed by atoms with E-state index in [0.717, 1.165) is 10.9 Å². The molecule has 0 bridgehead atoms. The Morgan fingerprint density at radius 2 is 2.07 bits per heavy atom. The maximum absolute atomic E-state index is 13.7. The number of hydrogen-bond acceptors (Lipinski definition) is 4. The Labute approximate surface area is 168 Å². The molecule has 0 spiro atoms. The van der Waals surface area contributed by atoms with Gasteiger partial charge in [-0.25, -0.2) is 4.39 Å². The van der Waals surface area contributed by atoms with Crippen LogP contribution in [0.25, 0.3) is 10.9 Å². The van der Waals surface area contributed by atoms with E-state index in [1.807, 2.05) is 30.3 Å². The smallest absolute Gasteiger partial charge is 0.222 e. The second kappa shape index (κ2) is 8.57. The summed E-state index contributed by atoms with van der Waals surface area (Å²) in [5.74, 6) is 0.300. The molecule has 1 aliphatic rings. The van der Waals surface area contributed by atoms with Crippen molar-refractivity contribution >= 4 is 16.8 Å². The molecule has 29 heavy (non-hydrogen) atoms. The van der Waals surface area contributed by atoms with Gasteiger partial charge in [0.1, 0.15) is 23.8 Å². The van der Waals surface area contributed by atoms with Crippen LogP contribution < -0.4 is 4.74 Å². The van der Waals surface area contributed by atoms with E-state index in [1.54, 1.807) is 29.3 Å². The number of nitrogens with zero attached hydrogens (tertiary/aromatic N) is 2. The molecule has 2 atom stereocenters. The van der Waals surface area contributed by atoms with Gasteiger partial charge in [-0.3, -0.25) is 9.78 Å². The summed E-state index contributed by atoms with van der Waals surface area (Å²) in [5, 5.41) is 11.5. The van der Waals surface area contributed by atoms with Crippen LogP contribution >= 0.6 is 0 Å². The number of β-amino-alcohol motifs (C(OH)–C–C–N with tert-alkyl or cyclic N) is 1. The van der Waals surface area contributed by atoms with Crippen molar-refractivity contribution < 1.29 is 19.0 Å². The van der Waals surface area contributed by atoms with Crippen molar-refractivity contribution in [2.75, 3.05) is 13.1 Å². The Bertz CT molecular complexity index is 1010. The van der Waals surface area contributed by atoms with E-state index in [4.69, 9.17) is 4.74 Å². The van der Waals surface area contributed by atoms with Crippen molar-refractivity contribution in [3.05, 3.63) is 72.2 Å². The second-order valence-corrected chi connectivity index (χ2v) is 7.30. The standard InChI is InChI=1S/C23H23FN2O3/c24-19-6-2-1-4-16(19)7-10-23(28)26-13-11-22(21(27)15-26)29-18-8-9-20-17(14-18)5-3-12-25-20/h1-6,8-9,12,14,21-22,27H,7,10-11,13,15H2/t21-,22-/m1/s1. The van der Waals surface area contributed by atoms with Crippen LogP contribution in [-0.2, 0) is 11.2 Å². The van der Waals surface area contributed by atoms with Crippen LogP contribution in [0, 0.1) is 5.82 Å². The number of rotatable bonds is 5. The van der Waals surface area contributed by atoms with Gasteiger partial charge in [-0.05, 0) is 42.3 Å². The molecule has 0 saturated carbocycles. The van der Waals surface area contributed by atoms with Gasteiger partial charge in [0.05, 0.1) is 12.1 Å². The molecular weight excluding hydrogens is 371 g/mol. The second-order valence-electron chi connectivity index (χ2n) is 7.30. The molecule has 1 aromatic heterocycles. The van der Waals surface area contributed by atoms with Crippen molar-refractivity contribution in [2.45, 2.75) is 31.5 Å². The molecule has 4 rings (SSSR count). The number of carbonyl (C=O) groups excluding carboxylic acids is 1. The van der Waals surface area contributed by atoms with E-state index < -0.39 is 6.10 Å². The van der Waals surface area contributed by atoms with Crippen molar-refractivity contribution in [3.63, 3.8) is 0 Å². The fourth-order valence-corrected chi connectivity index (χ4v) is 3.68. The number of hydrogen-bond donors (Lipinski definition) is 1. The van der Waals surface area contributed by atoms with Gasteiger partial charge >= 0.3 is 0 Å². The lowest BCUT2D eigenvalue weighted by Gasteiger charge is -2.36. The summed E-state index contributed by atoms with van der Waals surface area (Å²) in [6, 6.07) is 15.9. The minimum Gasteiger partial charge on any atom is -0.488 e. The molecule has 0 unspecified atom stereocenters. The van der Waals surface area contributed by atoms with Crippen molar-refractivity contribution in [1.82, 2.24) is 9.88 Å². The molecular formula is C23H23FN2O3. The summed E-state index contributed by atoms with van der Waals surface area (Å²) < 4.78 is 19.7. The number of benzene rings is 2. The number of aliphatic hydroxyl groups is 1. The number of ether oxygens (including phenoxy) is 1. The molecule has 6 heteroatoms. The van der Waals surface area contributed by atoms with Crippen molar-refractivity contribution in [3.8, 4) is 5.75 Å². The first-order valence-corrected chi connectivity index (χ1v) is 9.81. The number of carbonyl (C=O) groups is 1. The van der Waals surface area contributed by atoms with Gasteiger partial charge in [0.25, 0.3) is 0 Å². The number of likely N-dealkylation sites (tertiary alicyclic amines) is 1. The fraction of sp³-hybridized carbons (Fsp3) is 0.304. The predicted molar refractivity (Wildman–Crippen MR) is 108 cm³/mol. The van der Waals surface area contributed by atoms with Gasteiger partial charge in [-0.1, -0.05) is 24.3 Å². The van der Waals surface area contributed by atoms with Gasteiger partial charge in [0.15, 0.2) is 0 Å². The number of piperidine rings is 1. The molecule has 1 aliphatic heterocycles. The van der Waals surface area contributed by atoms with Gasteiger partial charge in [0, 0.05) is 31.0 Å². The maximum Gasteiger partial charge on any atom is 0.222 e. The SMILES string of the molecule is O=C(CCc1ccccc1F)N1CC[C@@H](Oc2ccc3ncccc3c2)[C@H](O)C1. The summed E-state index contributed by atoms with van der Waals surface area (Å²) in [7, 11) is 0. The molecule has 2 heterocycles. The third kappa shape index (κ3) is 4.54. The van der Waals surface area contributed by atoms with Crippen LogP contribution in [0.3, 0.4) is 0 Å². The van der Waals surface area contributed by atoms with E-state index in [2.05, 4.69) is 4.98 Å². The zero-order valence-electron chi connectivity index (χ0n) is 16.0. The van der Waals surface area contributed by atoms with E-state index in [0.29, 0.717) is 30.7 Å². The van der Waals surface area contributed by atoms with Gasteiger partial charge < -0.3 is 14.7 Å². The number of pyridine rings is 1. The Kier molecular flexibility index (Phi) is 5.71. The molecule has 5 nitrogen and oxygen atoms in total. The molecule has 1 N–H and O–H groups in total. The first kappa shape index (κ1) is 19.3. The Morgan fingerprint density at radius 1 is 1.21 bits per heavy atom. The third-order valence-corrected chi connectivity index (χ3v) is 5.30. The predicted octanol–water partition coefficient (Wildman–Crippen LogP) is 3.35. The number of halogens is 1. The lowest BCUT2D eigenvalue weighted by Crippen LogP contribution is -2.51. The fourth-order valence-electron chi connectivity index (χ4n) is 3.68. The Hall–Kier alpha value is -2.99. The molecule has 0 radical (unpaired) electrons. The monoisotopic (exact) mass is 394 g/mol. The summed E-state index contributed by atoms with van der Waals surface area (Å²) in [4.78, 5) is 18.4. The normalized spacial score (nSPS) is 19.3. The third-order valence-electron chi connectivity index (χ3n) is 5.30. The minimum absolute atomic E-state index is 0.0810. The highest BCUT2D eigenvalue weighted by molar-refractivity contribution is 5.79. The Morgan fingerprint density at radius 3 is 2.90 bits per heavy atom. The molecule has 1 fully saturated rings. The lowest BCUT2D eigenvalue weighted by atomic mass is 10.0. The van der Waals surface area contributed by atoms with E-state index in [9.17, 15) is 14.3 Å². The van der Waals surface area contributed by atoms with Crippen LogP contribution in [0.4, 0.5) is 4.39 Å². The summed E-state index contributed by atoms with van der Waals surface area (Å²) in [6.07, 6.45) is 1.70. The molecule has 1 amide bonds.